The van der Waals surface area contributed by atoms with Crippen molar-refractivity contribution in [3.63, 3.8) is 0 Å². The standard InChI is InChI=1S/C14H26O3S/c1-4-14(2,3)10-5-6-11(13(16)17)12(9-10)18-8-7-15/h10-12,15H,4-9H2,1-3H3,(H,16,17). The van der Waals surface area contributed by atoms with Crippen LogP contribution in [0, 0.1) is 17.3 Å². The van der Waals surface area contributed by atoms with Crippen molar-refractivity contribution in [3.05, 3.63) is 0 Å². The molecule has 0 aliphatic heterocycles. The number of aliphatic hydroxyl groups excluding tert-OH is 1. The first kappa shape index (κ1) is 15.8. The zero-order valence-electron chi connectivity index (χ0n) is 11.7. The fraction of sp³-hybridized carbons (Fsp3) is 0.929. The summed E-state index contributed by atoms with van der Waals surface area (Å²) in [6.45, 7) is 6.91. The number of hydrogen-bond acceptors (Lipinski definition) is 3. The molecule has 2 N–H and O–H groups in total. The first-order valence-corrected chi connectivity index (χ1v) is 7.92. The predicted octanol–water partition coefficient (Wildman–Crippen LogP) is 3.02. The van der Waals surface area contributed by atoms with Gasteiger partial charge in [-0.3, -0.25) is 4.79 Å². The highest BCUT2D eigenvalue weighted by Crippen LogP contribution is 2.45. The van der Waals surface area contributed by atoms with E-state index >= 15 is 0 Å². The van der Waals surface area contributed by atoms with Crippen LogP contribution in [-0.4, -0.2) is 33.8 Å². The monoisotopic (exact) mass is 274 g/mol. The van der Waals surface area contributed by atoms with Crippen molar-refractivity contribution in [1.82, 2.24) is 0 Å². The molecule has 1 fully saturated rings. The lowest BCUT2D eigenvalue weighted by Gasteiger charge is -2.41. The number of aliphatic carboxylic acids is 1. The van der Waals surface area contributed by atoms with Gasteiger partial charge >= 0.3 is 5.97 Å². The van der Waals surface area contributed by atoms with Crippen molar-refractivity contribution >= 4 is 17.7 Å². The number of thioether (sulfide) groups is 1. The van der Waals surface area contributed by atoms with Crippen molar-refractivity contribution < 1.29 is 15.0 Å². The largest absolute Gasteiger partial charge is 0.481 e. The third-order valence-corrected chi connectivity index (χ3v) is 5.92. The van der Waals surface area contributed by atoms with Gasteiger partial charge in [-0.15, -0.1) is 0 Å². The van der Waals surface area contributed by atoms with E-state index in [0.717, 1.165) is 25.7 Å². The summed E-state index contributed by atoms with van der Waals surface area (Å²) in [4.78, 5) is 11.3. The Morgan fingerprint density at radius 2 is 2.06 bits per heavy atom. The van der Waals surface area contributed by atoms with Gasteiger partial charge in [0, 0.05) is 11.0 Å². The Bertz CT molecular complexity index is 278. The molecule has 4 heteroatoms. The first-order valence-electron chi connectivity index (χ1n) is 6.87. The summed E-state index contributed by atoms with van der Waals surface area (Å²) < 4.78 is 0. The second-order valence-electron chi connectivity index (χ2n) is 5.93. The molecule has 0 aromatic carbocycles. The number of carboxylic acids is 1. The Hall–Kier alpha value is -0.220. The van der Waals surface area contributed by atoms with Gasteiger partial charge in [0.1, 0.15) is 0 Å². The van der Waals surface area contributed by atoms with Gasteiger partial charge in [-0.25, -0.2) is 0 Å². The molecular formula is C14H26O3S. The molecule has 0 bridgehead atoms. The lowest BCUT2D eigenvalue weighted by atomic mass is 9.67. The van der Waals surface area contributed by atoms with Gasteiger partial charge in [0.2, 0.25) is 0 Å². The first-order chi connectivity index (χ1) is 8.42. The summed E-state index contributed by atoms with van der Waals surface area (Å²) in [5.41, 5.74) is 0.293. The van der Waals surface area contributed by atoms with Crippen molar-refractivity contribution in [1.29, 1.82) is 0 Å². The summed E-state index contributed by atoms with van der Waals surface area (Å²) in [6, 6.07) is 0. The second-order valence-corrected chi connectivity index (χ2v) is 7.28. The van der Waals surface area contributed by atoms with Crippen LogP contribution in [-0.2, 0) is 4.79 Å². The molecule has 0 heterocycles. The number of hydrogen-bond donors (Lipinski definition) is 2. The Kier molecular flexibility index (Phi) is 5.99. The van der Waals surface area contributed by atoms with Crippen LogP contribution < -0.4 is 0 Å². The van der Waals surface area contributed by atoms with Gasteiger partial charge in [-0.1, -0.05) is 27.2 Å². The van der Waals surface area contributed by atoms with Crippen molar-refractivity contribution in [2.24, 2.45) is 17.3 Å². The maximum atomic E-state index is 11.3. The van der Waals surface area contributed by atoms with E-state index in [9.17, 15) is 9.90 Å². The molecule has 0 amide bonds. The molecule has 0 aromatic rings. The second kappa shape index (κ2) is 6.80. The maximum Gasteiger partial charge on any atom is 0.307 e. The lowest BCUT2D eigenvalue weighted by Crippen LogP contribution is -2.38. The molecule has 3 atom stereocenters. The molecule has 0 aromatic heterocycles. The van der Waals surface area contributed by atoms with E-state index in [1.807, 2.05) is 0 Å². The van der Waals surface area contributed by atoms with Gasteiger partial charge < -0.3 is 10.2 Å². The molecule has 3 nitrogen and oxygen atoms in total. The fourth-order valence-corrected chi connectivity index (χ4v) is 4.06. The summed E-state index contributed by atoms with van der Waals surface area (Å²) in [7, 11) is 0. The van der Waals surface area contributed by atoms with E-state index in [2.05, 4.69) is 20.8 Å². The third kappa shape index (κ3) is 3.89. The molecule has 1 saturated carbocycles. The highest BCUT2D eigenvalue weighted by atomic mass is 32.2. The molecule has 3 unspecified atom stereocenters. The topological polar surface area (TPSA) is 57.5 Å². The minimum atomic E-state index is -0.668. The van der Waals surface area contributed by atoms with Crippen molar-refractivity contribution in [2.45, 2.75) is 51.7 Å². The van der Waals surface area contributed by atoms with Gasteiger partial charge in [-0.05, 0) is 30.6 Å². The smallest absolute Gasteiger partial charge is 0.307 e. The zero-order valence-corrected chi connectivity index (χ0v) is 12.5. The molecular weight excluding hydrogens is 248 g/mol. The minimum absolute atomic E-state index is 0.134. The highest BCUT2D eigenvalue weighted by molar-refractivity contribution is 7.99. The predicted molar refractivity (Wildman–Crippen MR) is 75.9 cm³/mol. The van der Waals surface area contributed by atoms with Crippen LogP contribution in [0.15, 0.2) is 0 Å². The lowest BCUT2D eigenvalue weighted by molar-refractivity contribution is -0.143. The zero-order chi connectivity index (χ0) is 13.8. The van der Waals surface area contributed by atoms with Crippen LogP contribution in [0.2, 0.25) is 0 Å². The van der Waals surface area contributed by atoms with Gasteiger partial charge in [0.25, 0.3) is 0 Å². The molecule has 0 spiro atoms. The normalized spacial score (nSPS) is 29.2. The van der Waals surface area contributed by atoms with E-state index in [1.165, 1.54) is 0 Å². The average molecular weight is 274 g/mol. The van der Waals surface area contributed by atoms with E-state index in [0.29, 0.717) is 17.1 Å². The molecule has 1 rings (SSSR count). The van der Waals surface area contributed by atoms with E-state index < -0.39 is 5.97 Å². The van der Waals surface area contributed by atoms with E-state index in [1.54, 1.807) is 11.8 Å². The van der Waals surface area contributed by atoms with Crippen LogP contribution >= 0.6 is 11.8 Å². The summed E-state index contributed by atoms with van der Waals surface area (Å²) in [5.74, 6) is 0.353. The molecule has 18 heavy (non-hydrogen) atoms. The SMILES string of the molecule is CCC(C)(C)C1CCC(C(=O)O)C(SCCO)C1. The van der Waals surface area contributed by atoms with Crippen molar-refractivity contribution in [2.75, 3.05) is 12.4 Å². The van der Waals surface area contributed by atoms with E-state index in [4.69, 9.17) is 5.11 Å². The average Bonchev–Trinajstić information content (AvgIpc) is 2.35. The summed E-state index contributed by atoms with van der Waals surface area (Å²) in [6.07, 6.45) is 3.91. The highest BCUT2D eigenvalue weighted by Gasteiger charge is 2.40. The molecule has 0 radical (unpaired) electrons. The Labute approximate surface area is 114 Å². The van der Waals surface area contributed by atoms with Gasteiger partial charge in [0.15, 0.2) is 0 Å². The third-order valence-electron chi connectivity index (χ3n) is 4.55. The maximum absolute atomic E-state index is 11.3. The number of rotatable bonds is 6. The van der Waals surface area contributed by atoms with Crippen LogP contribution in [0.25, 0.3) is 0 Å². The minimum Gasteiger partial charge on any atom is -0.481 e. The van der Waals surface area contributed by atoms with Crippen molar-refractivity contribution in [3.8, 4) is 0 Å². The number of carbonyl (C=O) groups is 1. The molecule has 0 saturated heterocycles. The molecule has 1 aliphatic carbocycles. The van der Waals surface area contributed by atoms with Crippen LogP contribution in [0.4, 0.5) is 0 Å². The molecule has 106 valence electrons. The summed E-state index contributed by atoms with van der Waals surface area (Å²) in [5, 5.41) is 18.4. The summed E-state index contributed by atoms with van der Waals surface area (Å²) >= 11 is 1.63. The van der Waals surface area contributed by atoms with Crippen LogP contribution in [0.3, 0.4) is 0 Å². The Morgan fingerprint density at radius 1 is 1.39 bits per heavy atom. The quantitative estimate of drug-likeness (QED) is 0.781. The Morgan fingerprint density at radius 3 is 2.56 bits per heavy atom. The van der Waals surface area contributed by atoms with E-state index in [-0.39, 0.29) is 17.8 Å². The van der Waals surface area contributed by atoms with Gasteiger partial charge in [0.05, 0.1) is 12.5 Å². The number of carboxylic acid groups (broad SMARTS) is 1. The van der Waals surface area contributed by atoms with Crippen LogP contribution in [0.5, 0.6) is 0 Å². The van der Waals surface area contributed by atoms with Gasteiger partial charge in [-0.2, -0.15) is 11.8 Å². The Balaban J connectivity index is 2.69. The number of aliphatic hydroxyl groups is 1. The fourth-order valence-electron chi connectivity index (χ4n) is 2.80. The van der Waals surface area contributed by atoms with Crippen LogP contribution in [0.1, 0.15) is 46.5 Å². The molecule has 1 aliphatic rings.